The highest BCUT2D eigenvalue weighted by molar-refractivity contribution is 5.90. The fourth-order valence-electron chi connectivity index (χ4n) is 0.919. The van der Waals surface area contributed by atoms with E-state index in [2.05, 4.69) is 11.1 Å². The van der Waals surface area contributed by atoms with Crippen LogP contribution in [-0.2, 0) is 19.2 Å². The van der Waals surface area contributed by atoms with Gasteiger partial charge in [-0.2, -0.15) is 0 Å². The van der Waals surface area contributed by atoms with Gasteiger partial charge in [0.1, 0.15) is 5.78 Å². The van der Waals surface area contributed by atoms with Crippen molar-refractivity contribution in [2.45, 2.75) is 46.6 Å². The molecule has 1 saturated heterocycles. The number of primary amides is 1. The summed E-state index contributed by atoms with van der Waals surface area (Å²) in [6.07, 6.45) is 1.18. The highest BCUT2D eigenvalue weighted by Crippen LogP contribution is 2.06. The molecule has 1 unspecified atom stereocenters. The predicted molar refractivity (Wildman–Crippen MR) is 63.1 cm³/mol. The van der Waals surface area contributed by atoms with Crippen molar-refractivity contribution in [1.82, 2.24) is 5.32 Å². The zero-order valence-electron chi connectivity index (χ0n) is 10.7. The van der Waals surface area contributed by atoms with Crippen LogP contribution >= 0.6 is 0 Å². The maximum absolute atomic E-state index is 10.6. The molecule has 0 saturated carbocycles. The molecule has 0 radical (unpaired) electrons. The van der Waals surface area contributed by atoms with Crippen LogP contribution < -0.4 is 11.1 Å². The second-order valence-electron chi connectivity index (χ2n) is 3.79. The molecule has 6 nitrogen and oxygen atoms in total. The van der Waals surface area contributed by atoms with Crippen molar-refractivity contribution in [2.24, 2.45) is 5.73 Å². The molecule has 2 amide bonds. The highest BCUT2D eigenvalue weighted by atomic mass is 16.2. The first kappa shape index (κ1) is 17.7. The first-order chi connectivity index (χ1) is 7.66. The number of carbonyl (C=O) groups excluding carboxylic acids is 4. The summed E-state index contributed by atoms with van der Waals surface area (Å²) < 4.78 is 0. The Labute approximate surface area is 101 Å². The maximum Gasteiger partial charge on any atom is 0.220 e. The third-order valence-electron chi connectivity index (χ3n) is 1.49. The van der Waals surface area contributed by atoms with Crippen LogP contribution in [0.5, 0.6) is 0 Å². The molecule has 0 aromatic carbocycles. The molecule has 0 spiro atoms. The van der Waals surface area contributed by atoms with Gasteiger partial charge in [0.05, 0.1) is 6.04 Å². The molecular formula is C11H20N2O4. The number of nitrogens with one attached hydrogen (secondary N) is 1. The van der Waals surface area contributed by atoms with E-state index in [4.69, 9.17) is 0 Å². The standard InChI is InChI=1S/C6H9NO2.C3H6O.C2H5NO/c1-4(8)5-2-3-6(9)7-5;1-3(2)4;1-2(3)4/h5H,2-3H2,1H3,(H,7,9);1-2H3;1H3,(H2,3,4). The van der Waals surface area contributed by atoms with Crippen LogP contribution in [0.2, 0.25) is 0 Å². The van der Waals surface area contributed by atoms with E-state index in [0.29, 0.717) is 12.8 Å². The quantitative estimate of drug-likeness (QED) is 0.673. The van der Waals surface area contributed by atoms with Crippen molar-refractivity contribution in [1.29, 1.82) is 0 Å². The molecule has 1 aliphatic heterocycles. The van der Waals surface area contributed by atoms with E-state index in [1.165, 1.54) is 27.7 Å². The first-order valence-corrected chi connectivity index (χ1v) is 5.19. The van der Waals surface area contributed by atoms with E-state index in [9.17, 15) is 19.2 Å². The molecule has 1 fully saturated rings. The molecule has 0 aromatic rings. The topological polar surface area (TPSA) is 106 Å². The highest BCUT2D eigenvalue weighted by Gasteiger charge is 2.23. The monoisotopic (exact) mass is 244 g/mol. The van der Waals surface area contributed by atoms with Crippen molar-refractivity contribution >= 4 is 23.4 Å². The van der Waals surface area contributed by atoms with E-state index < -0.39 is 0 Å². The van der Waals surface area contributed by atoms with Gasteiger partial charge in [0, 0.05) is 13.3 Å². The molecule has 0 bridgehead atoms. The molecule has 1 atom stereocenters. The summed E-state index contributed by atoms with van der Waals surface area (Å²) in [4.78, 5) is 39.7. The summed E-state index contributed by atoms with van der Waals surface area (Å²) in [6.45, 7) is 5.86. The lowest BCUT2D eigenvalue weighted by molar-refractivity contribution is -0.123. The van der Waals surface area contributed by atoms with Gasteiger partial charge >= 0.3 is 0 Å². The Morgan fingerprint density at radius 2 is 1.53 bits per heavy atom. The molecular weight excluding hydrogens is 224 g/mol. The molecule has 6 heteroatoms. The second-order valence-corrected chi connectivity index (χ2v) is 3.79. The normalized spacial score (nSPS) is 16.7. The van der Waals surface area contributed by atoms with Crippen molar-refractivity contribution < 1.29 is 19.2 Å². The second kappa shape index (κ2) is 9.50. The van der Waals surface area contributed by atoms with E-state index in [1.807, 2.05) is 0 Å². The fourth-order valence-corrected chi connectivity index (χ4v) is 0.919. The zero-order chi connectivity index (χ0) is 14.0. The number of carbonyl (C=O) groups is 4. The number of rotatable bonds is 1. The van der Waals surface area contributed by atoms with E-state index in [1.54, 1.807) is 0 Å². The Balaban J connectivity index is 0. The summed E-state index contributed by atoms with van der Waals surface area (Å²) in [5.41, 5.74) is 4.47. The summed E-state index contributed by atoms with van der Waals surface area (Å²) in [7, 11) is 0. The number of ketones is 2. The summed E-state index contributed by atoms with van der Waals surface area (Å²) in [6, 6.07) is -0.197. The van der Waals surface area contributed by atoms with Crippen LogP contribution in [-0.4, -0.2) is 29.4 Å². The summed E-state index contributed by atoms with van der Waals surface area (Å²) in [5.74, 6) is -0.115. The molecule has 0 aliphatic carbocycles. The van der Waals surface area contributed by atoms with Gasteiger partial charge in [0.25, 0.3) is 0 Å². The maximum atomic E-state index is 10.6. The van der Waals surface area contributed by atoms with Gasteiger partial charge in [-0.15, -0.1) is 0 Å². The lowest BCUT2D eigenvalue weighted by Gasteiger charge is -2.01. The van der Waals surface area contributed by atoms with E-state index in [0.717, 1.165) is 0 Å². The van der Waals surface area contributed by atoms with Gasteiger partial charge in [0.15, 0.2) is 5.78 Å². The van der Waals surface area contributed by atoms with Crippen molar-refractivity contribution in [2.75, 3.05) is 0 Å². The van der Waals surface area contributed by atoms with Crippen LogP contribution in [0, 0.1) is 0 Å². The lowest BCUT2D eigenvalue weighted by Crippen LogP contribution is -2.31. The smallest absolute Gasteiger partial charge is 0.220 e. The number of amides is 2. The molecule has 17 heavy (non-hydrogen) atoms. The third-order valence-corrected chi connectivity index (χ3v) is 1.49. The number of hydrogen-bond acceptors (Lipinski definition) is 4. The fraction of sp³-hybridized carbons (Fsp3) is 0.636. The van der Waals surface area contributed by atoms with Gasteiger partial charge in [-0.25, -0.2) is 0 Å². The Bertz CT molecular complexity index is 280. The minimum absolute atomic E-state index is 0.00444. The van der Waals surface area contributed by atoms with Gasteiger partial charge in [-0.05, 0) is 27.2 Å². The van der Waals surface area contributed by atoms with Gasteiger partial charge in [-0.1, -0.05) is 0 Å². The molecule has 1 aliphatic rings. The summed E-state index contributed by atoms with van der Waals surface area (Å²) >= 11 is 0. The average Bonchev–Trinajstić information content (AvgIpc) is 2.49. The summed E-state index contributed by atoms with van der Waals surface area (Å²) in [5, 5.41) is 2.56. The minimum atomic E-state index is -0.333. The molecule has 3 N–H and O–H groups in total. The van der Waals surface area contributed by atoms with E-state index in [-0.39, 0.29) is 29.4 Å². The van der Waals surface area contributed by atoms with Crippen molar-refractivity contribution in [3.63, 3.8) is 0 Å². The van der Waals surface area contributed by atoms with Gasteiger partial charge < -0.3 is 15.8 Å². The lowest BCUT2D eigenvalue weighted by atomic mass is 10.2. The van der Waals surface area contributed by atoms with Crippen LogP contribution in [0.1, 0.15) is 40.5 Å². The number of Topliss-reactive ketones (excluding diaryl/α,β-unsaturated/α-hetero) is 2. The predicted octanol–water partition coefficient (Wildman–Crippen LogP) is -0.0591. The van der Waals surface area contributed by atoms with Crippen LogP contribution in [0.25, 0.3) is 0 Å². The van der Waals surface area contributed by atoms with Crippen molar-refractivity contribution in [3.8, 4) is 0 Å². The number of nitrogens with two attached hydrogens (primary N) is 1. The Kier molecular flexibility index (Phi) is 9.88. The number of hydrogen-bond donors (Lipinski definition) is 2. The Hall–Kier alpha value is -1.72. The first-order valence-electron chi connectivity index (χ1n) is 5.19. The van der Waals surface area contributed by atoms with Crippen molar-refractivity contribution in [3.05, 3.63) is 0 Å². The van der Waals surface area contributed by atoms with Gasteiger partial charge in [0.2, 0.25) is 11.8 Å². The van der Waals surface area contributed by atoms with Crippen LogP contribution in [0.3, 0.4) is 0 Å². The Morgan fingerprint density at radius 1 is 1.18 bits per heavy atom. The molecule has 1 rings (SSSR count). The van der Waals surface area contributed by atoms with E-state index >= 15 is 0 Å². The van der Waals surface area contributed by atoms with Gasteiger partial charge in [-0.3, -0.25) is 14.4 Å². The molecule has 98 valence electrons. The Morgan fingerprint density at radius 3 is 1.65 bits per heavy atom. The zero-order valence-corrected chi connectivity index (χ0v) is 10.7. The average molecular weight is 244 g/mol. The third kappa shape index (κ3) is 16.9. The minimum Gasteiger partial charge on any atom is -0.370 e. The largest absolute Gasteiger partial charge is 0.370 e. The van der Waals surface area contributed by atoms with Crippen LogP contribution in [0.4, 0.5) is 0 Å². The SMILES string of the molecule is CC(=O)C1CCC(=O)N1.CC(C)=O.CC(N)=O. The van der Waals surface area contributed by atoms with Crippen LogP contribution in [0.15, 0.2) is 0 Å². The molecule has 0 aromatic heterocycles. The molecule has 1 heterocycles.